The summed E-state index contributed by atoms with van der Waals surface area (Å²) >= 11 is 0. The first-order chi connectivity index (χ1) is 18.6. The van der Waals surface area contributed by atoms with Crippen LogP contribution in [0.3, 0.4) is 0 Å². The number of amides is 2. The van der Waals surface area contributed by atoms with Gasteiger partial charge in [-0.1, -0.05) is 30.3 Å². The molecule has 0 unspecified atom stereocenters. The Morgan fingerprint density at radius 1 is 0.895 bits per heavy atom. The molecule has 7 nitrogen and oxygen atoms in total. The van der Waals surface area contributed by atoms with Crippen LogP contribution in [0, 0.1) is 5.82 Å². The quantitative estimate of drug-likeness (QED) is 0.441. The maximum Gasteiger partial charge on any atom is 0.255 e. The molecule has 0 atom stereocenters. The Bertz CT molecular complexity index is 1290. The Hall–Kier alpha value is -3.75. The second-order valence-corrected chi connectivity index (χ2v) is 9.70. The number of hydrogen-bond acceptors (Lipinski definition) is 5. The second-order valence-electron chi connectivity index (χ2n) is 9.70. The first-order valence-electron chi connectivity index (χ1n) is 13.2. The minimum absolute atomic E-state index is 0.178. The van der Waals surface area contributed by atoms with Gasteiger partial charge < -0.3 is 20.3 Å². The van der Waals surface area contributed by atoms with Crippen molar-refractivity contribution in [1.29, 1.82) is 0 Å². The van der Waals surface area contributed by atoms with Gasteiger partial charge in [0.2, 0.25) is 0 Å². The SMILES string of the molecule is O=C(Nc1ccc(N2CCc3ccccc3C2)c(C(=O)NCCCN2CCOCC2)c1)c1cccc(F)c1. The molecule has 0 aliphatic carbocycles. The van der Waals surface area contributed by atoms with Gasteiger partial charge in [-0.15, -0.1) is 0 Å². The highest BCUT2D eigenvalue weighted by molar-refractivity contribution is 6.06. The monoisotopic (exact) mass is 516 g/mol. The molecule has 198 valence electrons. The van der Waals surface area contributed by atoms with E-state index in [1.165, 1.54) is 29.3 Å². The van der Waals surface area contributed by atoms with Gasteiger partial charge in [0.25, 0.3) is 11.8 Å². The molecule has 2 aliphatic rings. The van der Waals surface area contributed by atoms with Crippen LogP contribution in [0.5, 0.6) is 0 Å². The lowest BCUT2D eigenvalue weighted by Gasteiger charge is -2.32. The van der Waals surface area contributed by atoms with E-state index in [9.17, 15) is 14.0 Å². The van der Waals surface area contributed by atoms with Gasteiger partial charge in [0.1, 0.15) is 5.82 Å². The highest BCUT2D eigenvalue weighted by Gasteiger charge is 2.22. The van der Waals surface area contributed by atoms with E-state index in [1.54, 1.807) is 18.2 Å². The molecule has 5 rings (SSSR count). The summed E-state index contributed by atoms with van der Waals surface area (Å²) in [5, 5.41) is 5.89. The van der Waals surface area contributed by atoms with Crippen molar-refractivity contribution in [2.45, 2.75) is 19.4 Å². The summed E-state index contributed by atoms with van der Waals surface area (Å²) in [6.07, 6.45) is 1.74. The van der Waals surface area contributed by atoms with Crippen molar-refractivity contribution in [1.82, 2.24) is 10.2 Å². The summed E-state index contributed by atoms with van der Waals surface area (Å²) in [7, 11) is 0. The summed E-state index contributed by atoms with van der Waals surface area (Å²) in [5.74, 6) is -1.08. The second kappa shape index (κ2) is 12.2. The Balaban J connectivity index is 1.32. The predicted molar refractivity (Wildman–Crippen MR) is 146 cm³/mol. The molecule has 1 fully saturated rings. The van der Waals surface area contributed by atoms with E-state index in [0.717, 1.165) is 57.9 Å². The molecule has 38 heavy (non-hydrogen) atoms. The Kier molecular flexibility index (Phi) is 8.31. The molecule has 2 heterocycles. The highest BCUT2D eigenvalue weighted by atomic mass is 19.1. The van der Waals surface area contributed by atoms with Gasteiger partial charge in [0, 0.05) is 49.7 Å². The molecule has 0 spiro atoms. The van der Waals surface area contributed by atoms with E-state index in [2.05, 4.69) is 38.6 Å². The van der Waals surface area contributed by atoms with E-state index in [1.807, 2.05) is 12.1 Å². The third kappa shape index (κ3) is 6.38. The summed E-state index contributed by atoms with van der Waals surface area (Å²) in [6, 6.07) is 19.3. The van der Waals surface area contributed by atoms with Crippen LogP contribution in [-0.4, -0.2) is 62.7 Å². The summed E-state index contributed by atoms with van der Waals surface area (Å²) in [5.41, 5.74) is 4.62. The average Bonchev–Trinajstić information content (AvgIpc) is 2.95. The van der Waals surface area contributed by atoms with Crippen LogP contribution in [0.4, 0.5) is 15.8 Å². The van der Waals surface area contributed by atoms with Gasteiger partial charge in [-0.2, -0.15) is 0 Å². The molecular formula is C30H33FN4O3. The number of carbonyl (C=O) groups excluding carboxylic acids is 2. The minimum Gasteiger partial charge on any atom is -0.379 e. The number of nitrogens with one attached hydrogen (secondary N) is 2. The lowest BCUT2D eigenvalue weighted by molar-refractivity contribution is 0.0374. The summed E-state index contributed by atoms with van der Waals surface area (Å²) < 4.78 is 19.0. The van der Waals surface area contributed by atoms with E-state index in [-0.39, 0.29) is 11.5 Å². The number of anilines is 2. The molecule has 0 radical (unpaired) electrons. The Morgan fingerprint density at radius 2 is 1.71 bits per heavy atom. The molecule has 3 aromatic rings. The molecule has 0 bridgehead atoms. The van der Waals surface area contributed by atoms with Gasteiger partial charge in [0.05, 0.1) is 18.8 Å². The van der Waals surface area contributed by atoms with Crippen LogP contribution in [0.15, 0.2) is 66.7 Å². The van der Waals surface area contributed by atoms with Crippen LogP contribution in [0.2, 0.25) is 0 Å². The van der Waals surface area contributed by atoms with E-state index >= 15 is 0 Å². The highest BCUT2D eigenvalue weighted by Crippen LogP contribution is 2.30. The van der Waals surface area contributed by atoms with E-state index in [0.29, 0.717) is 24.3 Å². The predicted octanol–water partition coefficient (Wildman–Crippen LogP) is 4.09. The number of nitrogens with zero attached hydrogens (tertiary/aromatic N) is 2. The summed E-state index contributed by atoms with van der Waals surface area (Å²) in [4.78, 5) is 30.7. The van der Waals surface area contributed by atoms with Crippen LogP contribution >= 0.6 is 0 Å². The molecule has 0 saturated carbocycles. The number of benzene rings is 3. The van der Waals surface area contributed by atoms with Gasteiger partial charge >= 0.3 is 0 Å². The fraction of sp³-hybridized carbons (Fsp3) is 0.333. The van der Waals surface area contributed by atoms with Crippen molar-refractivity contribution in [2.24, 2.45) is 0 Å². The van der Waals surface area contributed by atoms with Gasteiger partial charge in [-0.3, -0.25) is 14.5 Å². The zero-order valence-electron chi connectivity index (χ0n) is 21.4. The summed E-state index contributed by atoms with van der Waals surface area (Å²) in [6.45, 7) is 6.31. The molecule has 2 aliphatic heterocycles. The van der Waals surface area contributed by atoms with Crippen LogP contribution in [0.25, 0.3) is 0 Å². The van der Waals surface area contributed by atoms with Crippen molar-refractivity contribution < 1.29 is 18.7 Å². The number of morpholine rings is 1. The van der Waals surface area contributed by atoms with Crippen LogP contribution in [-0.2, 0) is 17.7 Å². The number of halogens is 1. The van der Waals surface area contributed by atoms with E-state index in [4.69, 9.17) is 4.74 Å². The maximum absolute atomic E-state index is 13.6. The largest absolute Gasteiger partial charge is 0.379 e. The minimum atomic E-state index is -0.476. The smallest absolute Gasteiger partial charge is 0.255 e. The zero-order chi connectivity index (χ0) is 26.3. The van der Waals surface area contributed by atoms with Crippen molar-refractivity contribution in [2.75, 3.05) is 56.2 Å². The Morgan fingerprint density at radius 3 is 2.53 bits per heavy atom. The number of fused-ring (bicyclic) bond motifs is 1. The van der Waals surface area contributed by atoms with Crippen molar-refractivity contribution in [3.05, 3.63) is 94.8 Å². The van der Waals surface area contributed by atoms with Gasteiger partial charge in [-0.25, -0.2) is 4.39 Å². The molecule has 2 N–H and O–H groups in total. The normalized spacial score (nSPS) is 15.6. The standard InChI is InChI=1S/C30H33FN4O3/c31-25-8-3-7-23(19-25)29(36)33-26-9-10-28(35-14-11-22-5-1-2-6-24(22)21-35)27(20-26)30(37)32-12-4-13-34-15-17-38-18-16-34/h1-3,5-10,19-20H,4,11-18,21H2,(H,32,37)(H,33,36). The zero-order valence-corrected chi connectivity index (χ0v) is 21.4. The molecule has 0 aromatic heterocycles. The average molecular weight is 517 g/mol. The topological polar surface area (TPSA) is 73.9 Å². The van der Waals surface area contributed by atoms with E-state index < -0.39 is 11.7 Å². The van der Waals surface area contributed by atoms with Crippen molar-refractivity contribution in [3.8, 4) is 0 Å². The first-order valence-corrected chi connectivity index (χ1v) is 13.2. The van der Waals surface area contributed by atoms with Crippen molar-refractivity contribution >= 4 is 23.2 Å². The fourth-order valence-corrected chi connectivity index (χ4v) is 5.03. The number of ether oxygens (including phenoxy) is 1. The molecule has 8 heteroatoms. The lowest BCUT2D eigenvalue weighted by atomic mass is 9.98. The van der Waals surface area contributed by atoms with Crippen LogP contribution < -0.4 is 15.5 Å². The lowest BCUT2D eigenvalue weighted by Crippen LogP contribution is -2.38. The number of carbonyl (C=O) groups is 2. The maximum atomic E-state index is 13.6. The Labute approximate surface area is 222 Å². The number of rotatable bonds is 8. The first kappa shape index (κ1) is 25.9. The molecule has 3 aromatic carbocycles. The number of hydrogen-bond donors (Lipinski definition) is 2. The molecule has 1 saturated heterocycles. The van der Waals surface area contributed by atoms with Crippen molar-refractivity contribution in [3.63, 3.8) is 0 Å². The molecule has 2 amide bonds. The fourth-order valence-electron chi connectivity index (χ4n) is 5.03. The van der Waals surface area contributed by atoms with Gasteiger partial charge in [0.15, 0.2) is 0 Å². The third-order valence-electron chi connectivity index (χ3n) is 7.10. The van der Waals surface area contributed by atoms with Gasteiger partial charge in [-0.05, 0) is 66.9 Å². The molecular weight excluding hydrogens is 483 g/mol. The van der Waals surface area contributed by atoms with Crippen LogP contribution in [0.1, 0.15) is 38.3 Å². The third-order valence-corrected chi connectivity index (χ3v) is 7.10.